The molecule has 0 spiro atoms. The van der Waals surface area contributed by atoms with Gasteiger partial charge in [-0.1, -0.05) is 45.1 Å². The largest absolute Gasteiger partial charge is 0.508 e. The number of aliphatic hydroxyl groups is 1. The summed E-state index contributed by atoms with van der Waals surface area (Å²) in [6, 6.07) is 9.07. The van der Waals surface area contributed by atoms with E-state index in [1.165, 1.54) is 11.0 Å². The maximum absolute atomic E-state index is 14.0. The lowest BCUT2D eigenvalue weighted by molar-refractivity contribution is -0.141. The Labute approximate surface area is 249 Å². The number of alkyl carbamates (subject to hydrolysis) is 1. The number of carbonyl (C=O) groups is 3. The predicted molar refractivity (Wildman–Crippen MR) is 163 cm³/mol. The summed E-state index contributed by atoms with van der Waals surface area (Å²) in [7, 11) is 1.55. The normalized spacial score (nSPS) is 12.6. The lowest BCUT2D eigenvalue weighted by Crippen LogP contribution is -2.54. The van der Waals surface area contributed by atoms with Crippen LogP contribution in [0.3, 0.4) is 0 Å². The van der Waals surface area contributed by atoms with Gasteiger partial charge in [0.15, 0.2) is 0 Å². The number of benzene rings is 2. The number of phenolic OH excluding ortho intramolecular Hbond substituents is 1. The number of unbranched alkanes of at least 4 members (excludes halogenated alkanes) is 5. The molecule has 2 unspecified atom stereocenters. The summed E-state index contributed by atoms with van der Waals surface area (Å²) >= 11 is 0. The van der Waals surface area contributed by atoms with E-state index in [9.17, 15) is 24.6 Å². The Morgan fingerprint density at radius 2 is 1.62 bits per heavy atom. The fourth-order valence-corrected chi connectivity index (χ4v) is 4.47. The summed E-state index contributed by atoms with van der Waals surface area (Å²) < 4.78 is 10.5. The number of hydrogen-bond acceptors (Lipinski definition) is 7. The molecule has 10 nitrogen and oxygen atoms in total. The highest BCUT2D eigenvalue weighted by Gasteiger charge is 2.36. The average molecular weight is 586 g/mol. The van der Waals surface area contributed by atoms with E-state index in [-0.39, 0.29) is 12.3 Å². The molecule has 232 valence electrons. The van der Waals surface area contributed by atoms with Crippen LogP contribution in [0.15, 0.2) is 42.5 Å². The fourth-order valence-electron chi connectivity index (χ4n) is 4.47. The van der Waals surface area contributed by atoms with Crippen LogP contribution in [0.4, 0.5) is 10.5 Å². The molecule has 2 atom stereocenters. The molecular formula is C32H47N3O7. The SMILES string of the molecule is CCCCCCCCN(C(=O)C(CO)NC(=O)OC(C)(C)C)C(C(=O)Nc1ccc(OC)cc1)c1ccc(O)c(C)c1. The number of rotatable bonds is 15. The number of phenols is 1. The van der Waals surface area contributed by atoms with E-state index in [0.717, 1.165) is 32.1 Å². The van der Waals surface area contributed by atoms with Crippen molar-refractivity contribution in [2.24, 2.45) is 0 Å². The monoisotopic (exact) mass is 585 g/mol. The second kappa shape index (κ2) is 16.6. The Morgan fingerprint density at radius 3 is 2.19 bits per heavy atom. The molecule has 2 aromatic rings. The Kier molecular flexibility index (Phi) is 13.6. The van der Waals surface area contributed by atoms with Gasteiger partial charge in [-0.3, -0.25) is 9.59 Å². The zero-order valence-electron chi connectivity index (χ0n) is 25.7. The first-order valence-corrected chi connectivity index (χ1v) is 14.6. The number of carbonyl (C=O) groups excluding carboxylic acids is 3. The highest BCUT2D eigenvalue weighted by Crippen LogP contribution is 2.29. The molecule has 0 aliphatic carbocycles. The van der Waals surface area contributed by atoms with Crippen molar-refractivity contribution in [3.05, 3.63) is 53.6 Å². The van der Waals surface area contributed by atoms with Gasteiger partial charge in [0, 0.05) is 12.2 Å². The third-order valence-electron chi connectivity index (χ3n) is 6.66. The highest BCUT2D eigenvalue weighted by molar-refractivity contribution is 5.99. The number of aliphatic hydroxyl groups excluding tert-OH is 1. The van der Waals surface area contributed by atoms with Crippen molar-refractivity contribution in [2.45, 2.75) is 90.8 Å². The van der Waals surface area contributed by atoms with E-state index in [0.29, 0.717) is 29.0 Å². The van der Waals surface area contributed by atoms with Gasteiger partial charge >= 0.3 is 6.09 Å². The predicted octanol–water partition coefficient (Wildman–Crippen LogP) is 5.46. The Hall–Kier alpha value is -3.79. The van der Waals surface area contributed by atoms with Crippen molar-refractivity contribution < 1.29 is 34.1 Å². The number of hydrogen-bond donors (Lipinski definition) is 4. The summed E-state index contributed by atoms with van der Waals surface area (Å²) in [5.74, 6) is -0.435. The summed E-state index contributed by atoms with van der Waals surface area (Å²) in [5.41, 5.74) is 0.700. The molecule has 0 fully saturated rings. The van der Waals surface area contributed by atoms with E-state index < -0.39 is 42.2 Å². The van der Waals surface area contributed by atoms with E-state index in [4.69, 9.17) is 9.47 Å². The van der Waals surface area contributed by atoms with Crippen LogP contribution < -0.4 is 15.4 Å². The van der Waals surface area contributed by atoms with E-state index in [1.807, 2.05) is 0 Å². The van der Waals surface area contributed by atoms with Crippen molar-refractivity contribution in [2.75, 3.05) is 25.6 Å². The van der Waals surface area contributed by atoms with Gasteiger partial charge in [0.25, 0.3) is 5.91 Å². The molecule has 2 aromatic carbocycles. The first-order chi connectivity index (χ1) is 19.9. The number of anilines is 1. The van der Waals surface area contributed by atoms with E-state index in [1.54, 1.807) is 71.2 Å². The molecule has 0 aliphatic rings. The molecule has 0 aromatic heterocycles. The maximum atomic E-state index is 14.0. The topological polar surface area (TPSA) is 137 Å². The molecule has 0 radical (unpaired) electrons. The quantitative estimate of drug-likeness (QED) is 0.204. The molecule has 0 aliphatic heterocycles. The zero-order valence-corrected chi connectivity index (χ0v) is 25.7. The van der Waals surface area contributed by atoms with Crippen molar-refractivity contribution in [1.82, 2.24) is 10.2 Å². The molecule has 0 saturated carbocycles. The minimum absolute atomic E-state index is 0.0571. The van der Waals surface area contributed by atoms with Gasteiger partial charge < -0.3 is 35.2 Å². The van der Waals surface area contributed by atoms with Gasteiger partial charge in [0.1, 0.15) is 29.2 Å². The maximum Gasteiger partial charge on any atom is 0.408 e. The second-order valence-electron chi connectivity index (χ2n) is 11.3. The second-order valence-corrected chi connectivity index (χ2v) is 11.3. The first kappa shape index (κ1) is 34.4. The van der Waals surface area contributed by atoms with Gasteiger partial charge in [-0.25, -0.2) is 4.79 Å². The molecule has 0 bridgehead atoms. The number of nitrogens with one attached hydrogen (secondary N) is 2. The zero-order chi connectivity index (χ0) is 31.3. The average Bonchev–Trinajstić information content (AvgIpc) is 2.93. The summed E-state index contributed by atoms with van der Waals surface area (Å²) in [4.78, 5) is 41.9. The molecule has 4 N–H and O–H groups in total. The number of aromatic hydroxyl groups is 1. The van der Waals surface area contributed by atoms with Crippen molar-refractivity contribution in [3.63, 3.8) is 0 Å². The fraction of sp³-hybridized carbons (Fsp3) is 0.531. The van der Waals surface area contributed by atoms with Gasteiger partial charge in [-0.15, -0.1) is 0 Å². The number of amides is 3. The van der Waals surface area contributed by atoms with Gasteiger partial charge in [-0.05, 0) is 81.6 Å². The van der Waals surface area contributed by atoms with Crippen LogP contribution in [0.1, 0.15) is 83.4 Å². The molecule has 42 heavy (non-hydrogen) atoms. The molecule has 10 heteroatoms. The van der Waals surface area contributed by atoms with E-state index >= 15 is 0 Å². The van der Waals surface area contributed by atoms with Crippen LogP contribution in [0, 0.1) is 6.92 Å². The van der Waals surface area contributed by atoms with Crippen LogP contribution >= 0.6 is 0 Å². The standard InChI is InChI=1S/C32H47N3O7/c1-7-8-9-10-11-12-19-35(30(39)26(21-36)34-31(40)42-32(3,4)5)28(23-13-18-27(37)22(2)20-23)29(38)33-24-14-16-25(41-6)17-15-24/h13-18,20,26,28,36-37H,7-12,19,21H2,1-6H3,(H,33,38)(H,34,40). The van der Waals surface area contributed by atoms with Crippen molar-refractivity contribution in [1.29, 1.82) is 0 Å². The lowest BCUT2D eigenvalue weighted by Gasteiger charge is -2.34. The number of aryl methyl sites for hydroxylation is 1. The lowest BCUT2D eigenvalue weighted by atomic mass is 9.99. The van der Waals surface area contributed by atoms with Gasteiger partial charge in [0.05, 0.1) is 13.7 Å². The van der Waals surface area contributed by atoms with Gasteiger partial charge in [-0.2, -0.15) is 0 Å². The van der Waals surface area contributed by atoms with Crippen molar-refractivity contribution in [3.8, 4) is 11.5 Å². The van der Waals surface area contributed by atoms with Gasteiger partial charge in [0.2, 0.25) is 5.91 Å². The Bertz CT molecular complexity index is 1160. The van der Waals surface area contributed by atoms with Crippen LogP contribution in [0.2, 0.25) is 0 Å². The molecular weight excluding hydrogens is 538 g/mol. The number of ether oxygens (including phenoxy) is 2. The molecule has 2 rings (SSSR count). The van der Waals surface area contributed by atoms with Crippen LogP contribution in [0.25, 0.3) is 0 Å². The van der Waals surface area contributed by atoms with Crippen LogP contribution in [0.5, 0.6) is 11.5 Å². The summed E-state index contributed by atoms with van der Waals surface area (Å²) in [5, 5.41) is 25.7. The van der Waals surface area contributed by atoms with Crippen molar-refractivity contribution >= 4 is 23.6 Å². The third kappa shape index (κ3) is 10.9. The molecule has 0 heterocycles. The Morgan fingerprint density at radius 1 is 0.976 bits per heavy atom. The Balaban J connectivity index is 2.47. The number of nitrogens with zero attached hydrogens (tertiary/aromatic N) is 1. The summed E-state index contributed by atoms with van der Waals surface area (Å²) in [6.45, 7) is 8.45. The minimum atomic E-state index is -1.34. The third-order valence-corrected chi connectivity index (χ3v) is 6.66. The minimum Gasteiger partial charge on any atom is -0.508 e. The number of methoxy groups -OCH3 is 1. The smallest absolute Gasteiger partial charge is 0.408 e. The highest BCUT2D eigenvalue weighted by atomic mass is 16.6. The molecule has 0 saturated heterocycles. The van der Waals surface area contributed by atoms with E-state index in [2.05, 4.69) is 17.6 Å². The molecule has 3 amide bonds. The van der Waals surface area contributed by atoms with Crippen LogP contribution in [-0.2, 0) is 14.3 Å². The first-order valence-electron chi connectivity index (χ1n) is 14.6. The van der Waals surface area contributed by atoms with Crippen LogP contribution in [-0.4, -0.2) is 64.9 Å². The summed E-state index contributed by atoms with van der Waals surface area (Å²) in [6.07, 6.45) is 4.88.